The standard InChI is InChI=1S/C11H15N3O/c1-7-12-10-6-14(8-2-3-8)5-4-9(10)11(15)13-7/h8H,2-6H2,1H3,(H,12,13,15). The zero-order chi connectivity index (χ0) is 10.4. The first-order valence-corrected chi connectivity index (χ1v) is 5.57. The Labute approximate surface area is 88.3 Å². The molecule has 1 saturated carbocycles. The van der Waals surface area contributed by atoms with Crippen molar-refractivity contribution >= 4 is 0 Å². The fourth-order valence-electron chi connectivity index (χ4n) is 2.34. The topological polar surface area (TPSA) is 49.0 Å². The molecule has 3 rings (SSSR count). The van der Waals surface area contributed by atoms with E-state index in [1.165, 1.54) is 12.8 Å². The summed E-state index contributed by atoms with van der Waals surface area (Å²) in [6, 6.07) is 0.763. The van der Waals surface area contributed by atoms with Gasteiger partial charge in [-0.3, -0.25) is 9.69 Å². The van der Waals surface area contributed by atoms with E-state index in [1.807, 2.05) is 6.92 Å². The van der Waals surface area contributed by atoms with E-state index >= 15 is 0 Å². The highest BCUT2D eigenvalue weighted by atomic mass is 16.1. The van der Waals surface area contributed by atoms with E-state index in [-0.39, 0.29) is 5.56 Å². The summed E-state index contributed by atoms with van der Waals surface area (Å²) in [6.45, 7) is 3.73. The molecule has 0 bridgehead atoms. The van der Waals surface area contributed by atoms with E-state index in [4.69, 9.17) is 0 Å². The number of aromatic amines is 1. The number of nitrogens with one attached hydrogen (secondary N) is 1. The van der Waals surface area contributed by atoms with E-state index < -0.39 is 0 Å². The van der Waals surface area contributed by atoms with Gasteiger partial charge in [0.1, 0.15) is 5.82 Å². The van der Waals surface area contributed by atoms with Crippen molar-refractivity contribution in [1.82, 2.24) is 14.9 Å². The molecule has 1 aromatic heterocycles. The molecule has 80 valence electrons. The molecule has 15 heavy (non-hydrogen) atoms. The van der Waals surface area contributed by atoms with Gasteiger partial charge in [0.2, 0.25) is 0 Å². The summed E-state index contributed by atoms with van der Waals surface area (Å²) in [5, 5.41) is 0. The molecule has 0 unspecified atom stereocenters. The summed E-state index contributed by atoms with van der Waals surface area (Å²) in [5.41, 5.74) is 1.96. The average molecular weight is 205 g/mol. The average Bonchev–Trinajstić information content (AvgIpc) is 2.99. The van der Waals surface area contributed by atoms with Crippen LogP contribution in [0, 0.1) is 6.92 Å². The van der Waals surface area contributed by atoms with Crippen molar-refractivity contribution in [2.24, 2.45) is 0 Å². The van der Waals surface area contributed by atoms with Crippen LogP contribution in [0.5, 0.6) is 0 Å². The molecule has 0 radical (unpaired) electrons. The van der Waals surface area contributed by atoms with Crippen LogP contribution in [0.3, 0.4) is 0 Å². The summed E-state index contributed by atoms with van der Waals surface area (Å²) in [4.78, 5) is 21.3. The van der Waals surface area contributed by atoms with Gasteiger partial charge in [0.05, 0.1) is 5.69 Å². The first-order valence-electron chi connectivity index (χ1n) is 5.57. The molecule has 2 aliphatic rings. The molecular weight excluding hydrogens is 190 g/mol. The Kier molecular flexibility index (Phi) is 1.92. The van der Waals surface area contributed by atoms with E-state index in [2.05, 4.69) is 14.9 Å². The monoisotopic (exact) mass is 205 g/mol. The number of aryl methyl sites for hydroxylation is 1. The van der Waals surface area contributed by atoms with Crippen molar-refractivity contribution < 1.29 is 0 Å². The Hall–Kier alpha value is -1.16. The number of nitrogens with zero attached hydrogens (tertiary/aromatic N) is 2. The molecule has 0 saturated heterocycles. The van der Waals surface area contributed by atoms with Crippen molar-refractivity contribution in [2.45, 2.75) is 38.8 Å². The molecule has 4 nitrogen and oxygen atoms in total. The Balaban J connectivity index is 1.97. The van der Waals surface area contributed by atoms with Crippen molar-refractivity contribution in [2.75, 3.05) is 6.54 Å². The SMILES string of the molecule is Cc1nc2c(c(=O)[nH]1)CCN(C1CC1)C2. The maximum atomic E-state index is 11.7. The fourth-order valence-corrected chi connectivity index (χ4v) is 2.34. The maximum Gasteiger partial charge on any atom is 0.254 e. The smallest absolute Gasteiger partial charge is 0.254 e. The highest BCUT2D eigenvalue weighted by Crippen LogP contribution is 2.30. The quantitative estimate of drug-likeness (QED) is 0.730. The highest BCUT2D eigenvalue weighted by Gasteiger charge is 2.32. The zero-order valence-corrected chi connectivity index (χ0v) is 8.92. The Morgan fingerprint density at radius 3 is 3.00 bits per heavy atom. The minimum Gasteiger partial charge on any atom is -0.311 e. The lowest BCUT2D eigenvalue weighted by Crippen LogP contribution is -2.36. The molecule has 0 atom stereocenters. The second-order valence-corrected chi connectivity index (χ2v) is 4.53. The predicted octanol–water partition coefficient (Wildman–Crippen LogP) is 0.599. The lowest BCUT2D eigenvalue weighted by atomic mass is 10.1. The first-order chi connectivity index (χ1) is 7.24. The minimum atomic E-state index is 0.0629. The molecule has 1 aliphatic carbocycles. The van der Waals surface area contributed by atoms with Gasteiger partial charge in [0.15, 0.2) is 0 Å². The predicted molar refractivity (Wildman–Crippen MR) is 56.7 cm³/mol. The van der Waals surface area contributed by atoms with Crippen LogP contribution in [0.25, 0.3) is 0 Å². The molecule has 0 amide bonds. The van der Waals surface area contributed by atoms with E-state index in [0.29, 0.717) is 0 Å². The van der Waals surface area contributed by atoms with Crippen LogP contribution in [0.1, 0.15) is 29.9 Å². The Bertz CT molecular complexity index is 448. The van der Waals surface area contributed by atoms with Gasteiger partial charge >= 0.3 is 0 Å². The van der Waals surface area contributed by atoms with E-state index in [0.717, 1.165) is 42.6 Å². The Morgan fingerprint density at radius 2 is 2.27 bits per heavy atom. The summed E-state index contributed by atoms with van der Waals surface area (Å²) >= 11 is 0. The minimum absolute atomic E-state index is 0.0629. The molecule has 1 aliphatic heterocycles. The molecule has 0 aromatic carbocycles. The van der Waals surface area contributed by atoms with Crippen LogP contribution in [0.4, 0.5) is 0 Å². The van der Waals surface area contributed by atoms with E-state index in [9.17, 15) is 4.79 Å². The van der Waals surface area contributed by atoms with Crippen molar-refractivity contribution in [3.63, 3.8) is 0 Å². The van der Waals surface area contributed by atoms with Gasteiger partial charge < -0.3 is 4.98 Å². The zero-order valence-electron chi connectivity index (χ0n) is 8.92. The number of rotatable bonds is 1. The lowest BCUT2D eigenvalue weighted by Gasteiger charge is -2.27. The number of aromatic nitrogens is 2. The van der Waals surface area contributed by atoms with Crippen LogP contribution < -0.4 is 5.56 Å². The number of H-pyrrole nitrogens is 1. The summed E-state index contributed by atoms with van der Waals surface area (Å²) in [5.74, 6) is 0.733. The Morgan fingerprint density at radius 1 is 1.47 bits per heavy atom. The van der Waals surface area contributed by atoms with Gasteiger partial charge in [0.25, 0.3) is 5.56 Å². The summed E-state index contributed by atoms with van der Waals surface area (Å²) in [6.07, 6.45) is 3.49. The van der Waals surface area contributed by atoms with Crippen LogP contribution in [0.2, 0.25) is 0 Å². The van der Waals surface area contributed by atoms with Gasteiger partial charge in [-0.05, 0) is 26.2 Å². The molecular formula is C11H15N3O. The van der Waals surface area contributed by atoms with Gasteiger partial charge in [-0.25, -0.2) is 4.98 Å². The van der Waals surface area contributed by atoms with Crippen LogP contribution in [-0.2, 0) is 13.0 Å². The second kappa shape index (κ2) is 3.17. The summed E-state index contributed by atoms with van der Waals surface area (Å²) < 4.78 is 0. The molecule has 0 spiro atoms. The first kappa shape index (κ1) is 9.09. The number of fused-ring (bicyclic) bond motifs is 1. The molecule has 4 heteroatoms. The summed E-state index contributed by atoms with van der Waals surface area (Å²) in [7, 11) is 0. The molecule has 1 fully saturated rings. The third-order valence-corrected chi connectivity index (χ3v) is 3.28. The largest absolute Gasteiger partial charge is 0.311 e. The molecule has 1 N–H and O–H groups in total. The van der Waals surface area contributed by atoms with Crippen molar-refractivity contribution in [3.8, 4) is 0 Å². The van der Waals surface area contributed by atoms with Gasteiger partial charge in [0, 0.05) is 24.7 Å². The van der Waals surface area contributed by atoms with Gasteiger partial charge in [-0.2, -0.15) is 0 Å². The van der Waals surface area contributed by atoms with Gasteiger partial charge in [-0.1, -0.05) is 0 Å². The highest BCUT2D eigenvalue weighted by molar-refractivity contribution is 5.21. The maximum absolute atomic E-state index is 11.7. The van der Waals surface area contributed by atoms with Crippen LogP contribution in [0.15, 0.2) is 4.79 Å². The lowest BCUT2D eigenvalue weighted by molar-refractivity contribution is 0.238. The molecule has 1 aromatic rings. The van der Waals surface area contributed by atoms with Gasteiger partial charge in [-0.15, -0.1) is 0 Å². The second-order valence-electron chi connectivity index (χ2n) is 4.53. The van der Waals surface area contributed by atoms with Crippen molar-refractivity contribution in [3.05, 3.63) is 27.4 Å². The number of hydrogen-bond acceptors (Lipinski definition) is 3. The molecule has 2 heterocycles. The van der Waals surface area contributed by atoms with Crippen molar-refractivity contribution in [1.29, 1.82) is 0 Å². The van der Waals surface area contributed by atoms with E-state index in [1.54, 1.807) is 0 Å². The third kappa shape index (κ3) is 1.59. The third-order valence-electron chi connectivity index (χ3n) is 3.28. The van der Waals surface area contributed by atoms with Crippen LogP contribution >= 0.6 is 0 Å². The van der Waals surface area contributed by atoms with Crippen LogP contribution in [-0.4, -0.2) is 27.5 Å². The fraction of sp³-hybridized carbons (Fsp3) is 0.636. The number of hydrogen-bond donors (Lipinski definition) is 1. The normalized spacial score (nSPS) is 21.4.